The second-order valence-corrected chi connectivity index (χ2v) is 6.22. The predicted octanol–water partition coefficient (Wildman–Crippen LogP) is 2.59. The van der Waals surface area contributed by atoms with Crippen LogP contribution in [0, 0.1) is 11.3 Å². The molecule has 6 nitrogen and oxygen atoms in total. The predicted molar refractivity (Wildman–Crippen MR) is 92.0 cm³/mol. The number of hydrogen-bond donors (Lipinski definition) is 3. The minimum atomic E-state index is 0.626. The lowest BCUT2D eigenvalue weighted by atomic mass is 10.2. The zero-order valence-electron chi connectivity index (χ0n) is 13.0. The van der Waals surface area contributed by atoms with Crippen molar-refractivity contribution >= 4 is 28.5 Å². The molecule has 4 N–H and O–H groups in total. The molecular formula is C17H21N5O. The van der Waals surface area contributed by atoms with E-state index in [4.69, 9.17) is 20.9 Å². The lowest BCUT2D eigenvalue weighted by molar-refractivity contribution is 0.315. The van der Waals surface area contributed by atoms with Gasteiger partial charge in [0.2, 0.25) is 0 Å². The van der Waals surface area contributed by atoms with Crippen LogP contribution in [-0.2, 0) is 6.54 Å². The number of aryl methyl sites for hydroxylation is 1. The summed E-state index contributed by atoms with van der Waals surface area (Å²) < 4.78 is 8.05. The number of allylic oxidation sites excluding steroid dienone is 1. The number of nitrogens with zero attached hydrogens (tertiary/aromatic N) is 2. The van der Waals surface area contributed by atoms with Gasteiger partial charge in [-0.05, 0) is 31.2 Å². The maximum Gasteiger partial charge on any atom is 0.147 e. The summed E-state index contributed by atoms with van der Waals surface area (Å²) in [5, 5.41) is 11.1. The highest BCUT2D eigenvalue weighted by Gasteiger charge is 2.23. The Kier molecular flexibility index (Phi) is 3.44. The number of benzene rings is 1. The van der Waals surface area contributed by atoms with E-state index in [9.17, 15) is 0 Å². The Morgan fingerprint density at radius 1 is 1.48 bits per heavy atom. The van der Waals surface area contributed by atoms with Crippen LogP contribution in [0.15, 0.2) is 18.3 Å². The molecule has 23 heavy (non-hydrogen) atoms. The Hall–Kier alpha value is -2.50. The standard InChI is InChI=1S/C17H21N5O/c18-8-12(9-19)17-21-14-6-13(20-10-11-2-3-11)7-15-16(14)22(17)4-1-5-23-15/h6-9,11,18,20H,1-5,10,19H2/b12-9+,18-8?. The van der Waals surface area contributed by atoms with Crippen LogP contribution in [-0.4, -0.2) is 28.9 Å². The topological polar surface area (TPSA) is 89.0 Å². The maximum absolute atomic E-state index is 7.56. The molecular weight excluding hydrogens is 290 g/mol. The molecule has 0 spiro atoms. The Labute approximate surface area is 134 Å². The highest BCUT2D eigenvalue weighted by molar-refractivity contribution is 6.08. The van der Waals surface area contributed by atoms with Gasteiger partial charge in [-0.3, -0.25) is 0 Å². The molecule has 0 unspecified atom stereocenters. The molecule has 0 amide bonds. The van der Waals surface area contributed by atoms with Crippen molar-refractivity contribution in [3.05, 3.63) is 24.2 Å². The van der Waals surface area contributed by atoms with E-state index >= 15 is 0 Å². The SMILES string of the molecule is N=C/C(=C\N)c1nc2cc(NCC3CC3)cc3c2n1CCCO3. The molecule has 6 heteroatoms. The zero-order valence-corrected chi connectivity index (χ0v) is 13.0. The van der Waals surface area contributed by atoms with E-state index in [0.717, 1.165) is 53.7 Å². The van der Waals surface area contributed by atoms with Crippen LogP contribution >= 0.6 is 0 Å². The van der Waals surface area contributed by atoms with Crippen LogP contribution < -0.4 is 15.8 Å². The number of imidazole rings is 1. The van der Waals surface area contributed by atoms with Gasteiger partial charge >= 0.3 is 0 Å². The van der Waals surface area contributed by atoms with Gasteiger partial charge in [0, 0.05) is 37.3 Å². The molecule has 1 saturated carbocycles. The number of hydrogen-bond acceptors (Lipinski definition) is 5. The molecule has 1 aromatic heterocycles. The van der Waals surface area contributed by atoms with Gasteiger partial charge < -0.3 is 25.8 Å². The first-order chi connectivity index (χ1) is 11.3. The molecule has 0 radical (unpaired) electrons. The maximum atomic E-state index is 7.56. The molecule has 0 bridgehead atoms. The summed E-state index contributed by atoms with van der Waals surface area (Å²) in [4.78, 5) is 4.71. The van der Waals surface area contributed by atoms with Gasteiger partial charge in [0.1, 0.15) is 17.1 Å². The van der Waals surface area contributed by atoms with Gasteiger partial charge in [0.15, 0.2) is 0 Å². The van der Waals surface area contributed by atoms with Crippen LogP contribution in [0.2, 0.25) is 0 Å². The van der Waals surface area contributed by atoms with Crippen LogP contribution in [0.3, 0.4) is 0 Å². The van der Waals surface area contributed by atoms with E-state index in [2.05, 4.69) is 22.0 Å². The Morgan fingerprint density at radius 2 is 2.35 bits per heavy atom. The fourth-order valence-electron chi connectivity index (χ4n) is 3.06. The van der Waals surface area contributed by atoms with E-state index in [1.54, 1.807) is 0 Å². The molecule has 4 rings (SSSR count). The van der Waals surface area contributed by atoms with Crippen LogP contribution in [0.1, 0.15) is 25.1 Å². The van der Waals surface area contributed by atoms with Crippen molar-refractivity contribution in [3.8, 4) is 5.75 Å². The summed E-state index contributed by atoms with van der Waals surface area (Å²) in [6.45, 7) is 2.51. The first-order valence-electron chi connectivity index (χ1n) is 8.14. The number of nitrogens with two attached hydrogens (primary N) is 1. The van der Waals surface area contributed by atoms with E-state index in [0.29, 0.717) is 12.2 Å². The number of ether oxygens (including phenoxy) is 1. The molecule has 1 aromatic carbocycles. The fourth-order valence-corrected chi connectivity index (χ4v) is 3.06. The molecule has 1 fully saturated rings. The number of anilines is 1. The first-order valence-corrected chi connectivity index (χ1v) is 8.14. The van der Waals surface area contributed by atoms with Crippen molar-refractivity contribution in [2.24, 2.45) is 11.7 Å². The van der Waals surface area contributed by atoms with Crippen molar-refractivity contribution < 1.29 is 4.74 Å². The van der Waals surface area contributed by atoms with Gasteiger partial charge in [0.05, 0.1) is 17.7 Å². The smallest absolute Gasteiger partial charge is 0.147 e. The highest BCUT2D eigenvalue weighted by atomic mass is 16.5. The van der Waals surface area contributed by atoms with E-state index in [1.165, 1.54) is 25.3 Å². The molecule has 1 aliphatic heterocycles. The molecule has 120 valence electrons. The van der Waals surface area contributed by atoms with E-state index in [1.807, 2.05) is 0 Å². The molecule has 2 aromatic rings. The third-order valence-electron chi connectivity index (χ3n) is 4.48. The van der Waals surface area contributed by atoms with Gasteiger partial charge in [-0.1, -0.05) is 0 Å². The van der Waals surface area contributed by atoms with Crippen molar-refractivity contribution in [2.75, 3.05) is 18.5 Å². The summed E-state index contributed by atoms with van der Waals surface area (Å²) in [5.74, 6) is 2.41. The molecule has 0 saturated heterocycles. The second kappa shape index (κ2) is 5.61. The minimum absolute atomic E-state index is 0.626. The summed E-state index contributed by atoms with van der Waals surface area (Å²) in [6.07, 6.45) is 6.24. The highest BCUT2D eigenvalue weighted by Crippen LogP contribution is 2.35. The molecule has 2 aliphatic rings. The average molecular weight is 311 g/mol. The van der Waals surface area contributed by atoms with Gasteiger partial charge in [-0.2, -0.15) is 0 Å². The minimum Gasteiger partial charge on any atom is -0.491 e. The van der Waals surface area contributed by atoms with Crippen molar-refractivity contribution in [2.45, 2.75) is 25.8 Å². The van der Waals surface area contributed by atoms with Crippen LogP contribution in [0.25, 0.3) is 16.6 Å². The number of aromatic nitrogens is 2. The Balaban J connectivity index is 1.82. The monoisotopic (exact) mass is 311 g/mol. The number of rotatable bonds is 5. The summed E-state index contributed by atoms with van der Waals surface area (Å²) >= 11 is 0. The van der Waals surface area contributed by atoms with Gasteiger partial charge in [-0.25, -0.2) is 4.98 Å². The molecule has 0 atom stereocenters. The molecule has 1 aliphatic carbocycles. The Bertz CT molecular complexity index is 788. The van der Waals surface area contributed by atoms with Crippen molar-refractivity contribution in [3.63, 3.8) is 0 Å². The summed E-state index contributed by atoms with van der Waals surface area (Å²) in [7, 11) is 0. The van der Waals surface area contributed by atoms with Gasteiger partial charge in [0.25, 0.3) is 0 Å². The lowest BCUT2D eigenvalue weighted by Crippen LogP contribution is -2.05. The van der Waals surface area contributed by atoms with Crippen molar-refractivity contribution in [1.82, 2.24) is 9.55 Å². The summed E-state index contributed by atoms with van der Waals surface area (Å²) in [6, 6.07) is 4.13. The third-order valence-corrected chi connectivity index (χ3v) is 4.48. The van der Waals surface area contributed by atoms with E-state index in [-0.39, 0.29) is 0 Å². The van der Waals surface area contributed by atoms with Crippen molar-refractivity contribution in [1.29, 1.82) is 5.41 Å². The van der Waals surface area contributed by atoms with Crippen LogP contribution in [0.4, 0.5) is 5.69 Å². The average Bonchev–Trinajstić information content (AvgIpc) is 3.34. The molecule has 2 heterocycles. The number of nitrogens with one attached hydrogen (secondary N) is 2. The lowest BCUT2D eigenvalue weighted by Gasteiger charge is -2.09. The van der Waals surface area contributed by atoms with Gasteiger partial charge in [-0.15, -0.1) is 0 Å². The Morgan fingerprint density at radius 3 is 3.09 bits per heavy atom. The third kappa shape index (κ3) is 2.54. The normalized spacial score (nSPS) is 17.7. The summed E-state index contributed by atoms with van der Waals surface area (Å²) in [5.41, 5.74) is 9.22. The fraction of sp³-hybridized carbons (Fsp3) is 0.412. The quantitative estimate of drug-likeness (QED) is 0.740. The van der Waals surface area contributed by atoms with Crippen LogP contribution in [0.5, 0.6) is 5.75 Å². The van der Waals surface area contributed by atoms with E-state index < -0.39 is 0 Å². The largest absolute Gasteiger partial charge is 0.491 e. The second-order valence-electron chi connectivity index (χ2n) is 6.22. The zero-order chi connectivity index (χ0) is 15.8. The first kappa shape index (κ1) is 14.1.